The zero-order valence-corrected chi connectivity index (χ0v) is 9.87. The highest BCUT2D eigenvalue weighted by molar-refractivity contribution is 9.09. The van der Waals surface area contributed by atoms with Crippen molar-refractivity contribution in [3.63, 3.8) is 0 Å². The molecule has 15 heavy (non-hydrogen) atoms. The van der Waals surface area contributed by atoms with Crippen LogP contribution in [0.1, 0.15) is 17.5 Å². The summed E-state index contributed by atoms with van der Waals surface area (Å²) >= 11 is 3.25. The minimum Gasteiger partial charge on any atom is -0.258 e. The highest BCUT2D eigenvalue weighted by Gasteiger charge is 2.12. The highest BCUT2D eigenvalue weighted by atomic mass is 79.9. The van der Waals surface area contributed by atoms with Crippen molar-refractivity contribution in [2.75, 3.05) is 5.33 Å². The summed E-state index contributed by atoms with van der Waals surface area (Å²) < 4.78 is 0. The topological polar surface area (TPSA) is 43.1 Å². The molecule has 0 aliphatic heterocycles. The summed E-state index contributed by atoms with van der Waals surface area (Å²) in [6.07, 6.45) is 0.686. The first-order valence-corrected chi connectivity index (χ1v) is 5.58. The number of hydrogen-bond acceptors (Lipinski definition) is 2. The van der Waals surface area contributed by atoms with E-state index < -0.39 is 4.92 Å². The number of alkyl halides is 1. The molecule has 0 atom stereocenters. The fourth-order valence-electron chi connectivity index (χ4n) is 1.17. The number of halogens is 1. The average Bonchev–Trinajstić information content (AvgIpc) is 2.20. The van der Waals surface area contributed by atoms with E-state index in [-0.39, 0.29) is 5.69 Å². The molecule has 4 heteroatoms. The molecule has 78 valence electrons. The van der Waals surface area contributed by atoms with Gasteiger partial charge in [-0.2, -0.15) is 0 Å². The van der Waals surface area contributed by atoms with E-state index in [1.165, 1.54) is 6.07 Å². The van der Waals surface area contributed by atoms with E-state index in [2.05, 4.69) is 27.8 Å². The molecular weight excluding hydrogens is 258 g/mol. The molecule has 0 amide bonds. The summed E-state index contributed by atoms with van der Waals surface area (Å²) in [6.45, 7) is 1.82. The number of rotatable bonds is 2. The van der Waals surface area contributed by atoms with Crippen molar-refractivity contribution in [2.45, 2.75) is 13.3 Å². The Morgan fingerprint density at radius 2 is 2.27 bits per heavy atom. The van der Waals surface area contributed by atoms with E-state index in [9.17, 15) is 10.1 Å². The fourth-order valence-corrected chi connectivity index (χ4v) is 1.36. The molecule has 3 nitrogen and oxygen atoms in total. The predicted octanol–water partition coefficient (Wildman–Crippen LogP) is 3.04. The van der Waals surface area contributed by atoms with Crippen LogP contribution in [0.15, 0.2) is 18.2 Å². The summed E-state index contributed by atoms with van der Waals surface area (Å²) in [7, 11) is 0. The Hall–Kier alpha value is -1.34. The minimum atomic E-state index is -0.398. The largest absolute Gasteiger partial charge is 0.285 e. The summed E-state index contributed by atoms with van der Waals surface area (Å²) in [5.74, 6) is 5.73. The number of nitro groups is 1. The maximum absolute atomic E-state index is 10.7. The van der Waals surface area contributed by atoms with Crippen LogP contribution in [-0.4, -0.2) is 10.3 Å². The van der Waals surface area contributed by atoms with Gasteiger partial charge in [-0.3, -0.25) is 10.1 Å². The van der Waals surface area contributed by atoms with Crippen molar-refractivity contribution >= 4 is 21.6 Å². The van der Waals surface area contributed by atoms with Gasteiger partial charge in [0.1, 0.15) is 5.56 Å². The van der Waals surface area contributed by atoms with E-state index in [4.69, 9.17) is 0 Å². The molecule has 0 spiro atoms. The lowest BCUT2D eigenvalue weighted by molar-refractivity contribution is -0.385. The molecule has 0 heterocycles. The number of nitrogens with zero attached hydrogens (tertiary/aromatic N) is 1. The third-order valence-corrected chi connectivity index (χ3v) is 2.28. The Kier molecular flexibility index (Phi) is 4.32. The Morgan fingerprint density at radius 1 is 1.53 bits per heavy atom. The summed E-state index contributed by atoms with van der Waals surface area (Å²) in [4.78, 5) is 10.3. The quantitative estimate of drug-likeness (QED) is 0.358. The predicted molar refractivity (Wildman–Crippen MR) is 63.1 cm³/mol. The highest BCUT2D eigenvalue weighted by Crippen LogP contribution is 2.20. The fraction of sp³-hybridized carbons (Fsp3) is 0.273. The van der Waals surface area contributed by atoms with Crippen LogP contribution in [0, 0.1) is 28.9 Å². The van der Waals surface area contributed by atoms with Crippen LogP contribution >= 0.6 is 15.9 Å². The lowest BCUT2D eigenvalue weighted by Gasteiger charge is -1.98. The third kappa shape index (κ3) is 3.07. The van der Waals surface area contributed by atoms with Gasteiger partial charge in [-0.05, 0) is 12.5 Å². The maximum Gasteiger partial charge on any atom is 0.285 e. The molecule has 1 rings (SSSR count). The maximum atomic E-state index is 10.7. The van der Waals surface area contributed by atoms with Crippen molar-refractivity contribution in [3.05, 3.63) is 39.4 Å². The van der Waals surface area contributed by atoms with Crippen molar-refractivity contribution in [1.29, 1.82) is 0 Å². The lowest BCUT2D eigenvalue weighted by atomic mass is 10.1. The van der Waals surface area contributed by atoms with Gasteiger partial charge in [0.25, 0.3) is 5.69 Å². The second-order valence-corrected chi connectivity index (χ2v) is 3.76. The van der Waals surface area contributed by atoms with E-state index >= 15 is 0 Å². The van der Waals surface area contributed by atoms with Gasteiger partial charge in [0, 0.05) is 17.8 Å². The molecule has 0 aliphatic rings. The summed E-state index contributed by atoms with van der Waals surface area (Å²) in [6, 6.07) is 4.97. The zero-order chi connectivity index (χ0) is 11.3. The Balaban J connectivity index is 3.15. The van der Waals surface area contributed by atoms with Crippen LogP contribution < -0.4 is 0 Å². The van der Waals surface area contributed by atoms with Gasteiger partial charge in [-0.25, -0.2) is 0 Å². The minimum absolute atomic E-state index is 0.0806. The van der Waals surface area contributed by atoms with Crippen LogP contribution in [0.25, 0.3) is 0 Å². The lowest BCUT2D eigenvalue weighted by Crippen LogP contribution is -1.94. The second kappa shape index (κ2) is 5.52. The van der Waals surface area contributed by atoms with E-state index in [1.54, 1.807) is 6.07 Å². The molecule has 0 fully saturated rings. The first-order valence-electron chi connectivity index (χ1n) is 4.45. The molecule has 0 radical (unpaired) electrons. The summed E-state index contributed by atoms with van der Waals surface area (Å²) in [5.41, 5.74) is 1.44. The molecule has 0 aromatic heterocycles. The van der Waals surface area contributed by atoms with Crippen LogP contribution in [0.3, 0.4) is 0 Å². The van der Waals surface area contributed by atoms with Crippen LogP contribution in [0.2, 0.25) is 0 Å². The van der Waals surface area contributed by atoms with Gasteiger partial charge in [0.2, 0.25) is 0 Å². The molecule has 0 unspecified atom stereocenters. The molecule has 1 aromatic rings. The smallest absolute Gasteiger partial charge is 0.258 e. The standard InChI is InChI=1S/C11H10BrNO2/c1-9-5-4-7-11(13(14)15)10(9)6-2-3-8-12/h4-5,7H,3,8H2,1H3. The van der Waals surface area contributed by atoms with Gasteiger partial charge in [0.05, 0.1) is 4.92 Å². The van der Waals surface area contributed by atoms with Gasteiger partial charge in [-0.15, -0.1) is 0 Å². The van der Waals surface area contributed by atoms with Crippen LogP contribution in [0.5, 0.6) is 0 Å². The first kappa shape index (κ1) is 11.7. The van der Waals surface area contributed by atoms with Gasteiger partial charge in [-0.1, -0.05) is 39.9 Å². The Labute approximate surface area is 96.8 Å². The number of benzene rings is 1. The molecule has 0 bridgehead atoms. The van der Waals surface area contributed by atoms with Gasteiger partial charge < -0.3 is 0 Å². The Morgan fingerprint density at radius 3 is 2.87 bits per heavy atom. The van der Waals surface area contributed by atoms with Crippen LogP contribution in [0.4, 0.5) is 5.69 Å². The molecule has 0 saturated heterocycles. The number of hydrogen-bond donors (Lipinski definition) is 0. The zero-order valence-electron chi connectivity index (χ0n) is 8.29. The first-order chi connectivity index (χ1) is 7.16. The molecule has 1 aromatic carbocycles. The normalized spacial score (nSPS) is 9.20. The van der Waals surface area contributed by atoms with E-state index in [0.29, 0.717) is 12.0 Å². The van der Waals surface area contributed by atoms with Crippen molar-refractivity contribution in [3.8, 4) is 11.8 Å². The SMILES string of the molecule is Cc1cccc([N+](=O)[O-])c1C#CCCBr. The summed E-state index contributed by atoms with van der Waals surface area (Å²) in [5, 5.41) is 11.5. The van der Waals surface area contributed by atoms with Crippen molar-refractivity contribution in [2.24, 2.45) is 0 Å². The average molecular weight is 268 g/mol. The monoisotopic (exact) mass is 267 g/mol. The van der Waals surface area contributed by atoms with Crippen LogP contribution in [-0.2, 0) is 0 Å². The van der Waals surface area contributed by atoms with E-state index in [0.717, 1.165) is 10.9 Å². The van der Waals surface area contributed by atoms with Crippen molar-refractivity contribution in [1.82, 2.24) is 0 Å². The van der Waals surface area contributed by atoms with Gasteiger partial charge in [0.15, 0.2) is 0 Å². The van der Waals surface area contributed by atoms with Crippen molar-refractivity contribution < 1.29 is 4.92 Å². The van der Waals surface area contributed by atoms with Gasteiger partial charge >= 0.3 is 0 Å². The molecule has 0 N–H and O–H groups in total. The molecule has 0 aliphatic carbocycles. The molecular formula is C11H10BrNO2. The number of aryl methyl sites for hydroxylation is 1. The number of nitro benzene ring substituents is 1. The Bertz CT molecular complexity index is 432. The second-order valence-electron chi connectivity index (χ2n) is 2.97. The van der Waals surface area contributed by atoms with E-state index in [1.807, 2.05) is 13.0 Å². The third-order valence-electron chi connectivity index (χ3n) is 1.88. The molecule has 0 saturated carbocycles.